The van der Waals surface area contributed by atoms with Crippen LogP contribution in [-0.4, -0.2) is 53.7 Å². The van der Waals surface area contributed by atoms with Crippen molar-refractivity contribution in [3.8, 4) is 79.5 Å². The molecule has 1 radical (unpaired) electrons. The zero-order chi connectivity index (χ0) is 62.8. The van der Waals surface area contributed by atoms with Crippen LogP contribution in [0.3, 0.4) is 0 Å². The van der Waals surface area contributed by atoms with Gasteiger partial charge in [-0.05, 0) is 86.0 Å². The number of hydrogen-bond acceptors (Lipinski definition) is 10. The summed E-state index contributed by atoms with van der Waals surface area (Å²) in [7, 11) is 1.67. The first-order valence-electron chi connectivity index (χ1n) is 30.4. The molecule has 16 aromatic rings. The summed E-state index contributed by atoms with van der Waals surface area (Å²) in [5.74, 6) is 3.75. The molecule has 4 aromatic heterocycles. The molecule has 92 heavy (non-hydrogen) atoms. The molecule has 10 nitrogen and oxygen atoms in total. The number of aromatic nitrogens is 6. The van der Waals surface area contributed by atoms with E-state index in [-0.39, 0.29) is 0 Å². The number of rotatable bonds is 11. The van der Waals surface area contributed by atoms with Crippen LogP contribution in [-0.2, 0) is 4.65 Å². The Morgan fingerprint density at radius 2 is 0.717 bits per heavy atom. The van der Waals surface area contributed by atoms with Crippen molar-refractivity contribution in [3.63, 3.8) is 0 Å². The van der Waals surface area contributed by atoms with E-state index in [4.69, 9.17) is 55.0 Å². The molecule has 4 heterocycles. The van der Waals surface area contributed by atoms with Crippen molar-refractivity contribution < 1.29 is 18.6 Å². The third-order valence-corrected chi connectivity index (χ3v) is 17.0. The van der Waals surface area contributed by atoms with Crippen molar-refractivity contribution in [2.24, 2.45) is 0 Å². The second-order valence-electron chi connectivity index (χ2n) is 23.4. The summed E-state index contributed by atoms with van der Waals surface area (Å²) in [4.78, 5) is 29.0. The van der Waals surface area contributed by atoms with Crippen molar-refractivity contribution in [2.45, 2.75) is 38.9 Å². The van der Waals surface area contributed by atoms with Crippen LogP contribution in [0.5, 0.6) is 0 Å². The zero-order valence-corrected chi connectivity index (χ0v) is 51.6. The summed E-state index contributed by atoms with van der Waals surface area (Å²) < 4.78 is 18.3. The van der Waals surface area contributed by atoms with E-state index in [0.717, 1.165) is 120 Å². The predicted octanol–water partition coefficient (Wildman–Crippen LogP) is 19.7. The molecule has 0 bridgehead atoms. The molecule has 0 aliphatic heterocycles. The number of aliphatic hydroxyl groups is 1. The predicted molar refractivity (Wildman–Crippen MR) is 376 cm³/mol. The highest BCUT2D eigenvalue weighted by Gasteiger charge is 2.36. The van der Waals surface area contributed by atoms with Gasteiger partial charge in [-0.25, -0.2) is 29.9 Å². The molecule has 0 amide bonds. The molecule has 0 saturated heterocycles. The summed E-state index contributed by atoms with van der Waals surface area (Å²) in [6.07, 6.45) is 0. The van der Waals surface area contributed by atoms with Gasteiger partial charge in [0.15, 0.2) is 34.9 Å². The lowest BCUT2D eigenvalue weighted by Gasteiger charge is -2.37. The van der Waals surface area contributed by atoms with Gasteiger partial charge >= 0.3 is 7.48 Å². The Labute approximate surface area is 537 Å². The maximum absolute atomic E-state index is 10.4. The molecule has 0 saturated carbocycles. The largest absolute Gasteiger partial charge is 0.455 e. The molecular weight excluding hydrogens is 1160 g/mol. The number of fused-ring (bicyclic) bond motifs is 10. The lowest BCUT2D eigenvalue weighted by atomic mass is 9.82. The Bertz CT molecular complexity index is 5210. The molecule has 0 aliphatic carbocycles. The number of nitrogens with zero attached hydrogens (tertiary/aromatic N) is 6. The lowest BCUT2D eigenvalue weighted by Crippen LogP contribution is -2.49. The molecule has 16 rings (SSSR count). The minimum absolute atomic E-state index is 0.583. The van der Waals surface area contributed by atoms with Crippen molar-refractivity contribution in [1.29, 1.82) is 0 Å². The molecule has 0 aliphatic rings. The smallest absolute Gasteiger partial charge is 0.330 e. The summed E-state index contributed by atoms with van der Waals surface area (Å²) >= 11 is 6.30. The Morgan fingerprint density at radius 3 is 1.20 bits per heavy atom. The monoisotopic (exact) mass is 1210 g/mol. The van der Waals surface area contributed by atoms with Crippen molar-refractivity contribution >= 4 is 90.0 Å². The van der Waals surface area contributed by atoms with E-state index >= 15 is 0 Å². The number of furan rings is 2. The fourth-order valence-electron chi connectivity index (χ4n) is 11.1. The first-order chi connectivity index (χ1) is 44.9. The number of para-hydroxylation sites is 2. The van der Waals surface area contributed by atoms with Crippen molar-refractivity contribution in [2.75, 3.05) is 0 Å². The maximum Gasteiger partial charge on any atom is 0.330 e. The summed E-state index contributed by atoms with van der Waals surface area (Å²) in [5.41, 5.74) is 10.4. The topological polar surface area (TPSA) is 133 Å². The first-order valence-corrected chi connectivity index (χ1v) is 30.8. The van der Waals surface area contributed by atoms with Crippen LogP contribution in [0, 0.1) is 0 Å². The van der Waals surface area contributed by atoms with Crippen LogP contribution < -0.4 is 5.46 Å². The molecule has 12 heteroatoms. The van der Waals surface area contributed by atoms with Crippen LogP contribution in [0.15, 0.2) is 288 Å². The van der Waals surface area contributed by atoms with Gasteiger partial charge in [-0.2, -0.15) is 0 Å². The Balaban J connectivity index is 0.000000128. The van der Waals surface area contributed by atoms with Crippen LogP contribution in [0.4, 0.5) is 0 Å². The highest BCUT2D eigenvalue weighted by atomic mass is 35.5. The van der Waals surface area contributed by atoms with E-state index in [9.17, 15) is 5.11 Å². The second kappa shape index (κ2) is 25.1. The number of hydrogen-bond donors (Lipinski definition) is 1. The average molecular weight is 1210 g/mol. The van der Waals surface area contributed by atoms with Crippen LogP contribution in [0.25, 0.3) is 145 Å². The molecule has 0 unspecified atom stereocenters. The highest BCUT2D eigenvalue weighted by Crippen LogP contribution is 2.41. The zero-order valence-electron chi connectivity index (χ0n) is 50.9. The van der Waals surface area contributed by atoms with E-state index < -0.39 is 11.2 Å². The van der Waals surface area contributed by atoms with Gasteiger partial charge in [0.2, 0.25) is 0 Å². The quantitative estimate of drug-likeness (QED) is 0.125. The summed E-state index contributed by atoms with van der Waals surface area (Å²) in [6.45, 7) is 7.19. The van der Waals surface area contributed by atoms with E-state index in [1.54, 1.807) is 21.3 Å². The molecule has 1 N–H and O–H groups in total. The Kier molecular flexibility index (Phi) is 16.0. The fourth-order valence-corrected chi connectivity index (χ4v) is 11.4. The highest BCUT2D eigenvalue weighted by molar-refractivity contribution is 6.47. The van der Waals surface area contributed by atoms with E-state index in [1.807, 2.05) is 208 Å². The van der Waals surface area contributed by atoms with Crippen LogP contribution in [0.1, 0.15) is 27.7 Å². The second-order valence-corrected chi connectivity index (χ2v) is 23.8. The molecule has 0 atom stereocenters. The van der Waals surface area contributed by atoms with E-state index in [2.05, 4.69) is 84.9 Å². The molecule has 0 fully saturated rings. The van der Waals surface area contributed by atoms with Gasteiger partial charge in [0.05, 0.1) is 16.2 Å². The molecule has 443 valence electrons. The number of halogens is 1. The molecular formula is C80H59BClN6O4. The average Bonchev–Trinajstić information content (AvgIpc) is 1.43. The molecule has 0 spiro atoms. The van der Waals surface area contributed by atoms with Gasteiger partial charge in [-0.15, -0.1) is 0 Å². The van der Waals surface area contributed by atoms with Crippen molar-refractivity contribution in [1.82, 2.24) is 29.9 Å². The standard InChI is InChI=1S/C37H23N3O.C27H27BN3O2.C16H9ClO/c1-3-11-25(12-4-1)35-38-36(26-13-5-2-6-14-26)40-37(39-35)28-17-9-16-27(23-28)29-19-10-15-24-21-22-31-30-18-7-8-20-32(30)41-34(31)33(24)29;1-26(2,32)27(3,4)33-28-22-17-11-16-21(18-22)25-30-23(19-12-7-5-8-13-19)29-24(31-25)20-14-9-6-10-15-20;17-13-6-3-4-10-8-9-12-11-5-1-2-7-14(11)18-16(12)15(10)13/h1-23H;5-18,32H,1-4H3;1-9H. The van der Waals surface area contributed by atoms with E-state index in [1.165, 1.54) is 0 Å². The van der Waals surface area contributed by atoms with Gasteiger partial charge in [0, 0.05) is 65.7 Å². The SMILES string of the molecule is CC(C)(O)C(C)(C)O[B]c1cccc(-c2nc(-c3ccccc3)nc(-c3ccccc3)n2)c1.Clc1cccc2ccc3c4ccccc4oc3c12.c1ccc(-c2nc(-c3ccccc3)nc(-c3cccc(-c4cccc5ccc6c7ccccc7oc6c45)c3)n2)cc1. The normalized spacial score (nSPS) is 11.6. The van der Waals surface area contributed by atoms with Gasteiger partial charge in [0.25, 0.3) is 0 Å². The Hall–Kier alpha value is -10.9. The fraction of sp³-hybridized carbons (Fsp3) is 0.0750. The third-order valence-electron chi connectivity index (χ3n) is 16.7. The summed E-state index contributed by atoms with van der Waals surface area (Å²) in [6, 6.07) is 93.2. The van der Waals surface area contributed by atoms with Gasteiger partial charge in [-0.3, -0.25) is 0 Å². The van der Waals surface area contributed by atoms with Gasteiger partial charge in [0.1, 0.15) is 22.3 Å². The minimum atomic E-state index is -0.996. The Morgan fingerprint density at radius 1 is 0.348 bits per heavy atom. The maximum atomic E-state index is 10.4. The van der Waals surface area contributed by atoms with E-state index in [0.29, 0.717) is 34.9 Å². The number of benzene rings is 12. The summed E-state index contributed by atoms with van der Waals surface area (Å²) in [5, 5.41) is 19.9. The van der Waals surface area contributed by atoms with Gasteiger partial charge in [-0.1, -0.05) is 260 Å². The first kappa shape index (κ1) is 58.7. The molecule has 12 aromatic carbocycles. The third kappa shape index (κ3) is 12.0. The minimum Gasteiger partial charge on any atom is -0.455 e. The van der Waals surface area contributed by atoms with Crippen molar-refractivity contribution in [3.05, 3.63) is 284 Å². The van der Waals surface area contributed by atoms with Crippen LogP contribution in [0.2, 0.25) is 5.02 Å². The van der Waals surface area contributed by atoms with Gasteiger partial charge < -0.3 is 18.6 Å². The van der Waals surface area contributed by atoms with Crippen LogP contribution >= 0.6 is 11.6 Å². The lowest BCUT2D eigenvalue weighted by molar-refractivity contribution is -0.0893.